The van der Waals surface area contributed by atoms with Gasteiger partial charge in [-0.05, 0) is 12.5 Å². The molecular weight excluding hydrogens is 172 g/mol. The van der Waals surface area contributed by atoms with Gasteiger partial charge in [0.25, 0.3) is 6.43 Å². The predicted octanol–water partition coefficient (Wildman–Crippen LogP) is 3.08. The lowest BCUT2D eigenvalue weighted by atomic mass is 10.1. The Kier molecular flexibility index (Phi) is 3.55. The molecule has 0 bridgehead atoms. The quantitative estimate of drug-likeness (QED) is 0.638. The van der Waals surface area contributed by atoms with Crippen LogP contribution in [0.1, 0.15) is 18.5 Å². The Morgan fingerprint density at radius 3 is 2.38 bits per heavy atom. The van der Waals surface area contributed by atoms with Crippen LogP contribution in [0.25, 0.3) is 0 Å². The van der Waals surface area contributed by atoms with Gasteiger partial charge in [-0.3, -0.25) is 4.99 Å². The Hall–Kier alpha value is -1.25. The molecule has 1 aromatic rings. The Morgan fingerprint density at radius 1 is 1.23 bits per heavy atom. The standard InChI is InChI=1S/C10H11F2N/c1-8(13-7-10(11)12)9-5-3-2-4-6-9/h2-8,10H,1H3/t8-/m0/s1. The molecule has 0 spiro atoms. The Bertz CT molecular complexity index is 270. The molecule has 0 N–H and O–H groups in total. The summed E-state index contributed by atoms with van der Waals surface area (Å²) in [5.74, 6) is 0. The summed E-state index contributed by atoms with van der Waals surface area (Å²) < 4.78 is 23.5. The molecule has 0 aliphatic rings. The van der Waals surface area contributed by atoms with Gasteiger partial charge in [-0.2, -0.15) is 0 Å². The van der Waals surface area contributed by atoms with Crippen LogP contribution in [0.4, 0.5) is 8.78 Å². The third-order valence-electron chi connectivity index (χ3n) is 1.70. The number of hydrogen-bond donors (Lipinski definition) is 0. The highest BCUT2D eigenvalue weighted by Crippen LogP contribution is 2.15. The minimum atomic E-state index is -2.47. The fourth-order valence-electron chi connectivity index (χ4n) is 1.01. The van der Waals surface area contributed by atoms with E-state index in [9.17, 15) is 8.78 Å². The molecule has 3 heteroatoms. The molecule has 0 fully saturated rings. The van der Waals surface area contributed by atoms with E-state index < -0.39 is 6.43 Å². The van der Waals surface area contributed by atoms with Crippen molar-refractivity contribution >= 4 is 6.21 Å². The Morgan fingerprint density at radius 2 is 1.85 bits per heavy atom. The van der Waals surface area contributed by atoms with E-state index >= 15 is 0 Å². The molecular formula is C10H11F2N. The van der Waals surface area contributed by atoms with Crippen LogP contribution in [0.3, 0.4) is 0 Å². The van der Waals surface area contributed by atoms with E-state index in [2.05, 4.69) is 4.99 Å². The number of alkyl halides is 2. The number of rotatable bonds is 3. The summed E-state index contributed by atoms with van der Waals surface area (Å²) in [7, 11) is 0. The first-order valence-electron chi connectivity index (χ1n) is 4.06. The molecule has 0 amide bonds. The molecule has 0 aliphatic carbocycles. The molecule has 13 heavy (non-hydrogen) atoms. The SMILES string of the molecule is C[C@H](N=CC(F)F)c1ccccc1. The lowest BCUT2D eigenvalue weighted by molar-refractivity contribution is 0.231. The van der Waals surface area contributed by atoms with Crippen LogP contribution in [0, 0.1) is 0 Å². The van der Waals surface area contributed by atoms with Gasteiger partial charge < -0.3 is 0 Å². The van der Waals surface area contributed by atoms with Crippen LogP contribution >= 0.6 is 0 Å². The van der Waals surface area contributed by atoms with E-state index in [-0.39, 0.29) is 6.04 Å². The zero-order valence-corrected chi connectivity index (χ0v) is 7.32. The van der Waals surface area contributed by atoms with E-state index in [1.807, 2.05) is 30.3 Å². The lowest BCUT2D eigenvalue weighted by Crippen LogP contribution is -1.95. The first kappa shape index (κ1) is 9.84. The molecule has 0 saturated heterocycles. The Labute approximate surface area is 76.1 Å². The molecule has 1 aromatic carbocycles. The zero-order chi connectivity index (χ0) is 9.68. The highest BCUT2D eigenvalue weighted by Gasteiger charge is 2.02. The van der Waals surface area contributed by atoms with E-state index in [0.717, 1.165) is 5.56 Å². The van der Waals surface area contributed by atoms with E-state index in [1.165, 1.54) is 0 Å². The monoisotopic (exact) mass is 183 g/mol. The molecule has 1 rings (SSSR count). The van der Waals surface area contributed by atoms with Crippen molar-refractivity contribution in [3.8, 4) is 0 Å². The largest absolute Gasteiger partial charge is 0.284 e. The number of hydrogen-bond acceptors (Lipinski definition) is 1. The van der Waals surface area contributed by atoms with Crippen molar-refractivity contribution in [2.75, 3.05) is 0 Å². The minimum Gasteiger partial charge on any atom is -0.284 e. The number of nitrogens with zero attached hydrogens (tertiary/aromatic N) is 1. The van der Waals surface area contributed by atoms with Crippen LogP contribution in [0.15, 0.2) is 35.3 Å². The maximum Gasteiger partial charge on any atom is 0.273 e. The lowest BCUT2D eigenvalue weighted by Gasteiger charge is -2.04. The molecule has 0 aromatic heterocycles. The maximum atomic E-state index is 11.8. The predicted molar refractivity (Wildman–Crippen MR) is 49.4 cm³/mol. The van der Waals surface area contributed by atoms with Crippen LogP contribution in [-0.4, -0.2) is 12.6 Å². The summed E-state index contributed by atoms with van der Waals surface area (Å²) in [6.07, 6.45) is -1.79. The van der Waals surface area contributed by atoms with Gasteiger partial charge in [0, 0.05) is 0 Å². The van der Waals surface area contributed by atoms with Crippen LogP contribution in [0.5, 0.6) is 0 Å². The fraction of sp³-hybridized carbons (Fsp3) is 0.300. The zero-order valence-electron chi connectivity index (χ0n) is 7.32. The van der Waals surface area contributed by atoms with E-state index in [4.69, 9.17) is 0 Å². The van der Waals surface area contributed by atoms with Crippen molar-refractivity contribution in [3.05, 3.63) is 35.9 Å². The summed E-state index contributed by atoms with van der Waals surface area (Å²) in [6.45, 7) is 1.79. The number of halogens is 2. The molecule has 0 saturated carbocycles. The minimum absolute atomic E-state index is 0.199. The normalized spacial score (nSPS) is 13.8. The average Bonchev–Trinajstić information content (AvgIpc) is 2.15. The second kappa shape index (κ2) is 4.70. The van der Waals surface area contributed by atoms with Crippen molar-refractivity contribution in [2.45, 2.75) is 19.4 Å². The van der Waals surface area contributed by atoms with Gasteiger partial charge in [0.1, 0.15) is 0 Å². The number of aliphatic imine (C=N–C) groups is 1. The maximum absolute atomic E-state index is 11.8. The Balaban J connectivity index is 2.64. The molecule has 70 valence electrons. The van der Waals surface area contributed by atoms with E-state index in [1.54, 1.807) is 6.92 Å². The van der Waals surface area contributed by atoms with Gasteiger partial charge in [-0.25, -0.2) is 8.78 Å². The molecule has 0 unspecified atom stereocenters. The first-order valence-corrected chi connectivity index (χ1v) is 4.06. The topological polar surface area (TPSA) is 12.4 Å². The average molecular weight is 183 g/mol. The summed E-state index contributed by atoms with van der Waals surface area (Å²) in [6, 6.07) is 9.15. The van der Waals surface area contributed by atoms with Crippen molar-refractivity contribution in [1.82, 2.24) is 0 Å². The van der Waals surface area contributed by atoms with Gasteiger partial charge in [0.2, 0.25) is 0 Å². The van der Waals surface area contributed by atoms with E-state index in [0.29, 0.717) is 6.21 Å². The summed E-state index contributed by atoms with van der Waals surface area (Å²) in [4.78, 5) is 3.72. The highest BCUT2D eigenvalue weighted by molar-refractivity contribution is 5.61. The van der Waals surface area contributed by atoms with Gasteiger partial charge in [0.05, 0.1) is 12.3 Å². The smallest absolute Gasteiger partial charge is 0.273 e. The van der Waals surface area contributed by atoms with Crippen molar-refractivity contribution < 1.29 is 8.78 Å². The molecule has 0 radical (unpaired) electrons. The second-order valence-electron chi connectivity index (χ2n) is 2.72. The van der Waals surface area contributed by atoms with Crippen molar-refractivity contribution in [2.24, 2.45) is 4.99 Å². The van der Waals surface area contributed by atoms with Gasteiger partial charge in [0.15, 0.2) is 0 Å². The van der Waals surface area contributed by atoms with Gasteiger partial charge in [-0.15, -0.1) is 0 Å². The number of benzene rings is 1. The third-order valence-corrected chi connectivity index (χ3v) is 1.70. The summed E-state index contributed by atoms with van der Waals surface area (Å²) >= 11 is 0. The fourth-order valence-corrected chi connectivity index (χ4v) is 1.01. The third kappa shape index (κ3) is 3.32. The second-order valence-corrected chi connectivity index (χ2v) is 2.72. The summed E-state index contributed by atoms with van der Waals surface area (Å²) in [5.41, 5.74) is 0.944. The van der Waals surface area contributed by atoms with Crippen LogP contribution in [0.2, 0.25) is 0 Å². The molecule has 0 heterocycles. The first-order chi connectivity index (χ1) is 6.20. The van der Waals surface area contributed by atoms with Gasteiger partial charge >= 0.3 is 0 Å². The van der Waals surface area contributed by atoms with Crippen molar-refractivity contribution in [3.63, 3.8) is 0 Å². The van der Waals surface area contributed by atoms with Crippen LogP contribution < -0.4 is 0 Å². The molecule has 1 nitrogen and oxygen atoms in total. The van der Waals surface area contributed by atoms with Crippen molar-refractivity contribution in [1.29, 1.82) is 0 Å². The summed E-state index contributed by atoms with van der Waals surface area (Å²) in [5, 5.41) is 0. The van der Waals surface area contributed by atoms with Crippen LogP contribution in [-0.2, 0) is 0 Å². The highest BCUT2D eigenvalue weighted by atomic mass is 19.3. The molecule has 1 atom stereocenters. The molecule has 0 aliphatic heterocycles. The van der Waals surface area contributed by atoms with Gasteiger partial charge in [-0.1, -0.05) is 30.3 Å².